The lowest BCUT2D eigenvalue weighted by Gasteiger charge is -2.25. The lowest BCUT2D eigenvalue weighted by molar-refractivity contribution is -0.215. The van der Waals surface area contributed by atoms with Crippen molar-refractivity contribution >= 4 is 0 Å². The third-order valence-electron chi connectivity index (χ3n) is 2.34. The maximum absolute atomic E-state index is 9.82. The van der Waals surface area contributed by atoms with E-state index in [-0.39, 0.29) is 13.2 Å². The molecule has 2 fully saturated rings. The molecule has 0 aromatic heterocycles. The molecular weight excluding hydrogens is 176 g/mol. The van der Waals surface area contributed by atoms with Gasteiger partial charge in [-0.3, -0.25) is 0 Å². The van der Waals surface area contributed by atoms with Gasteiger partial charge in [-0.1, -0.05) is 6.58 Å². The van der Waals surface area contributed by atoms with Crippen molar-refractivity contribution in [3.05, 3.63) is 12.8 Å². The Hall–Kier alpha value is -0.620. The van der Waals surface area contributed by atoms with Crippen molar-refractivity contribution in [1.82, 2.24) is 0 Å². The predicted octanol–water partition coefficient (Wildman–Crippen LogP) is -1.01. The molecule has 4 atom stereocenters. The summed E-state index contributed by atoms with van der Waals surface area (Å²) >= 11 is 0. The molecular formula is C8H12O5. The second kappa shape index (κ2) is 2.95. The van der Waals surface area contributed by atoms with E-state index in [4.69, 9.17) is 14.2 Å². The SMILES string of the molecule is C=CO[C@@]1(O)CO[C@@H]2[C@H](O)CO[C@@H]21. The third-order valence-corrected chi connectivity index (χ3v) is 2.34. The van der Waals surface area contributed by atoms with Crippen molar-refractivity contribution in [3.63, 3.8) is 0 Å². The molecule has 2 aliphatic heterocycles. The highest BCUT2D eigenvalue weighted by Gasteiger charge is 2.57. The smallest absolute Gasteiger partial charge is 0.259 e. The van der Waals surface area contributed by atoms with Crippen LogP contribution in [0.15, 0.2) is 12.8 Å². The molecule has 5 heteroatoms. The molecule has 74 valence electrons. The number of ether oxygens (including phenoxy) is 3. The average molecular weight is 188 g/mol. The van der Waals surface area contributed by atoms with E-state index in [0.29, 0.717) is 0 Å². The Morgan fingerprint density at radius 1 is 1.54 bits per heavy atom. The minimum Gasteiger partial charge on any atom is -0.465 e. The molecule has 0 saturated carbocycles. The van der Waals surface area contributed by atoms with Crippen molar-refractivity contribution in [2.24, 2.45) is 0 Å². The second-order valence-electron chi connectivity index (χ2n) is 3.23. The molecule has 2 saturated heterocycles. The highest BCUT2D eigenvalue weighted by atomic mass is 16.7. The molecule has 0 aromatic rings. The minimum atomic E-state index is -1.50. The number of aliphatic hydroxyl groups excluding tert-OH is 1. The fraction of sp³-hybridized carbons (Fsp3) is 0.750. The van der Waals surface area contributed by atoms with Crippen molar-refractivity contribution in [1.29, 1.82) is 0 Å². The van der Waals surface area contributed by atoms with E-state index < -0.39 is 24.1 Å². The maximum Gasteiger partial charge on any atom is 0.259 e. The summed E-state index contributed by atoms with van der Waals surface area (Å²) < 4.78 is 15.2. The zero-order valence-corrected chi connectivity index (χ0v) is 7.05. The molecule has 2 heterocycles. The summed E-state index contributed by atoms with van der Waals surface area (Å²) in [6.45, 7) is 3.50. The molecule has 13 heavy (non-hydrogen) atoms. The fourth-order valence-corrected chi connectivity index (χ4v) is 1.72. The summed E-state index contributed by atoms with van der Waals surface area (Å²) in [5, 5.41) is 19.2. The van der Waals surface area contributed by atoms with Gasteiger partial charge in [0.15, 0.2) is 6.10 Å². The lowest BCUT2D eigenvalue weighted by Crippen LogP contribution is -2.44. The van der Waals surface area contributed by atoms with Gasteiger partial charge >= 0.3 is 0 Å². The lowest BCUT2D eigenvalue weighted by atomic mass is 10.1. The molecule has 2 N–H and O–H groups in total. The van der Waals surface area contributed by atoms with Crippen molar-refractivity contribution in [2.75, 3.05) is 13.2 Å². The van der Waals surface area contributed by atoms with Gasteiger partial charge in [-0.2, -0.15) is 0 Å². The minimum absolute atomic E-state index is 0.00852. The maximum atomic E-state index is 9.82. The van der Waals surface area contributed by atoms with Crippen LogP contribution in [-0.2, 0) is 14.2 Å². The van der Waals surface area contributed by atoms with Gasteiger partial charge in [0.1, 0.15) is 18.8 Å². The molecule has 2 aliphatic rings. The largest absolute Gasteiger partial charge is 0.465 e. The van der Waals surface area contributed by atoms with E-state index in [2.05, 4.69) is 6.58 Å². The summed E-state index contributed by atoms with van der Waals surface area (Å²) in [6.07, 6.45) is -0.669. The van der Waals surface area contributed by atoms with E-state index in [1.54, 1.807) is 0 Å². The second-order valence-corrected chi connectivity index (χ2v) is 3.23. The molecule has 2 rings (SSSR count). The summed E-state index contributed by atoms with van der Waals surface area (Å²) in [6, 6.07) is 0. The van der Waals surface area contributed by atoms with Crippen LogP contribution in [0.4, 0.5) is 0 Å². The third kappa shape index (κ3) is 1.24. The van der Waals surface area contributed by atoms with Crippen LogP contribution in [0.1, 0.15) is 0 Å². The standard InChI is InChI=1S/C8H12O5/c1-2-13-8(10)4-12-6-5(9)3-11-7(6)8/h2,5-7,9-10H,1,3-4H2/t5-,6-,7+,8+/m1/s1. The Kier molecular flexibility index (Phi) is 2.03. The molecule has 0 spiro atoms. The Bertz CT molecular complexity index is 219. The van der Waals surface area contributed by atoms with Crippen molar-refractivity contribution in [2.45, 2.75) is 24.1 Å². The van der Waals surface area contributed by atoms with Crippen LogP contribution in [0.25, 0.3) is 0 Å². The zero-order valence-electron chi connectivity index (χ0n) is 7.05. The molecule has 0 bridgehead atoms. The molecule has 0 aromatic carbocycles. The first-order valence-corrected chi connectivity index (χ1v) is 4.10. The van der Waals surface area contributed by atoms with Gasteiger partial charge in [-0.05, 0) is 0 Å². The van der Waals surface area contributed by atoms with Gasteiger partial charge in [-0.25, -0.2) is 0 Å². The van der Waals surface area contributed by atoms with Crippen LogP contribution >= 0.6 is 0 Å². The van der Waals surface area contributed by atoms with Gasteiger partial charge in [0.05, 0.1) is 12.9 Å². The molecule has 5 nitrogen and oxygen atoms in total. The van der Waals surface area contributed by atoms with E-state index in [1.165, 1.54) is 0 Å². The van der Waals surface area contributed by atoms with Crippen LogP contribution in [-0.4, -0.2) is 47.5 Å². The Morgan fingerprint density at radius 3 is 3.00 bits per heavy atom. The van der Waals surface area contributed by atoms with Crippen LogP contribution in [0.3, 0.4) is 0 Å². The fourth-order valence-electron chi connectivity index (χ4n) is 1.72. The van der Waals surface area contributed by atoms with Crippen LogP contribution in [0, 0.1) is 0 Å². The predicted molar refractivity (Wildman–Crippen MR) is 41.7 cm³/mol. The van der Waals surface area contributed by atoms with Crippen LogP contribution in [0.2, 0.25) is 0 Å². The highest BCUT2D eigenvalue weighted by Crippen LogP contribution is 2.34. The number of rotatable bonds is 2. The molecule has 0 radical (unpaired) electrons. The zero-order chi connectivity index (χ0) is 9.47. The number of hydrogen-bond donors (Lipinski definition) is 2. The molecule has 0 unspecified atom stereocenters. The van der Waals surface area contributed by atoms with Crippen molar-refractivity contribution in [3.8, 4) is 0 Å². The quantitative estimate of drug-likeness (QED) is 0.429. The van der Waals surface area contributed by atoms with E-state index >= 15 is 0 Å². The van der Waals surface area contributed by atoms with E-state index in [0.717, 1.165) is 6.26 Å². The Balaban J connectivity index is 2.13. The highest BCUT2D eigenvalue weighted by molar-refractivity contribution is 4.99. The summed E-state index contributed by atoms with van der Waals surface area (Å²) in [5.74, 6) is -1.50. The number of fused-ring (bicyclic) bond motifs is 1. The van der Waals surface area contributed by atoms with Gasteiger partial charge in [0.25, 0.3) is 5.79 Å². The Morgan fingerprint density at radius 2 is 2.31 bits per heavy atom. The summed E-state index contributed by atoms with van der Waals surface area (Å²) in [4.78, 5) is 0. The molecule has 0 aliphatic carbocycles. The van der Waals surface area contributed by atoms with Gasteiger partial charge in [-0.15, -0.1) is 0 Å². The van der Waals surface area contributed by atoms with Crippen molar-refractivity contribution < 1.29 is 24.4 Å². The number of hydrogen-bond acceptors (Lipinski definition) is 5. The van der Waals surface area contributed by atoms with Gasteiger partial charge in [0.2, 0.25) is 0 Å². The topological polar surface area (TPSA) is 68.2 Å². The average Bonchev–Trinajstić information content (AvgIpc) is 2.58. The van der Waals surface area contributed by atoms with E-state index in [9.17, 15) is 10.2 Å². The summed E-state index contributed by atoms with van der Waals surface area (Å²) in [5.41, 5.74) is 0. The van der Waals surface area contributed by atoms with Crippen LogP contribution in [0.5, 0.6) is 0 Å². The van der Waals surface area contributed by atoms with Gasteiger partial charge in [0, 0.05) is 0 Å². The monoisotopic (exact) mass is 188 g/mol. The Labute approximate surface area is 75.5 Å². The molecule has 0 amide bonds. The van der Waals surface area contributed by atoms with Crippen LogP contribution < -0.4 is 0 Å². The van der Waals surface area contributed by atoms with Gasteiger partial charge < -0.3 is 24.4 Å². The summed E-state index contributed by atoms with van der Waals surface area (Å²) in [7, 11) is 0. The first kappa shape index (κ1) is 8.96. The normalized spacial score (nSPS) is 48.9. The number of aliphatic hydroxyl groups is 2. The first-order valence-electron chi connectivity index (χ1n) is 4.10. The van der Waals surface area contributed by atoms with E-state index in [1.807, 2.05) is 0 Å². The first-order chi connectivity index (χ1) is 6.17.